The molecule has 23 heavy (non-hydrogen) atoms. The Labute approximate surface area is 143 Å². The summed E-state index contributed by atoms with van der Waals surface area (Å²) in [6.45, 7) is 12.3. The SMILES string of the molecule is CC(C)CC1(CNC(=O)CC[C@H](C)N2CCN(C)CC2)CCC1. The zero-order valence-electron chi connectivity index (χ0n) is 15.7. The Morgan fingerprint density at radius 2 is 1.78 bits per heavy atom. The lowest BCUT2D eigenvalue weighted by Gasteiger charge is -2.43. The first-order chi connectivity index (χ1) is 10.9. The van der Waals surface area contributed by atoms with Crippen molar-refractivity contribution in [2.75, 3.05) is 39.8 Å². The molecule has 1 saturated carbocycles. The standard InChI is InChI=1S/C19H37N3O/c1-16(2)14-19(8-5-9-19)15-20-18(23)7-6-17(3)22-12-10-21(4)11-13-22/h16-17H,5-15H2,1-4H3,(H,20,23)/t17-/m0/s1. The van der Waals surface area contributed by atoms with Gasteiger partial charge in [-0.05, 0) is 51.0 Å². The molecule has 4 heteroatoms. The van der Waals surface area contributed by atoms with Gasteiger partial charge in [0.15, 0.2) is 0 Å². The molecule has 1 aliphatic heterocycles. The van der Waals surface area contributed by atoms with Gasteiger partial charge < -0.3 is 10.2 Å². The number of hydrogen-bond acceptors (Lipinski definition) is 3. The number of piperazine rings is 1. The van der Waals surface area contributed by atoms with E-state index in [1.807, 2.05) is 0 Å². The zero-order valence-corrected chi connectivity index (χ0v) is 15.7. The lowest BCUT2D eigenvalue weighted by molar-refractivity contribution is -0.122. The predicted octanol–water partition coefficient (Wildman–Crippen LogP) is 2.74. The van der Waals surface area contributed by atoms with E-state index in [0.717, 1.165) is 45.1 Å². The highest BCUT2D eigenvalue weighted by Crippen LogP contribution is 2.45. The van der Waals surface area contributed by atoms with E-state index in [-0.39, 0.29) is 5.91 Å². The van der Waals surface area contributed by atoms with Crippen molar-refractivity contribution in [2.24, 2.45) is 11.3 Å². The Bertz CT molecular complexity index is 371. The summed E-state index contributed by atoms with van der Waals surface area (Å²) < 4.78 is 0. The van der Waals surface area contributed by atoms with Crippen LogP contribution in [0.25, 0.3) is 0 Å². The summed E-state index contributed by atoms with van der Waals surface area (Å²) in [5, 5.41) is 3.23. The minimum absolute atomic E-state index is 0.251. The van der Waals surface area contributed by atoms with Crippen LogP contribution in [0, 0.1) is 11.3 Å². The molecular formula is C19H37N3O. The summed E-state index contributed by atoms with van der Waals surface area (Å²) in [5.41, 5.74) is 0.410. The van der Waals surface area contributed by atoms with Crippen LogP contribution in [0.15, 0.2) is 0 Å². The number of nitrogens with zero attached hydrogens (tertiary/aromatic N) is 2. The number of hydrogen-bond donors (Lipinski definition) is 1. The van der Waals surface area contributed by atoms with Crippen molar-refractivity contribution >= 4 is 5.91 Å². The molecule has 0 spiro atoms. The third-order valence-corrected chi connectivity index (χ3v) is 5.87. The van der Waals surface area contributed by atoms with E-state index in [9.17, 15) is 4.79 Å². The predicted molar refractivity (Wildman–Crippen MR) is 96.5 cm³/mol. The minimum Gasteiger partial charge on any atom is -0.356 e. The summed E-state index contributed by atoms with van der Waals surface area (Å²) in [5.74, 6) is 0.977. The van der Waals surface area contributed by atoms with Crippen LogP contribution in [-0.2, 0) is 4.79 Å². The smallest absolute Gasteiger partial charge is 0.220 e. The van der Waals surface area contributed by atoms with Crippen LogP contribution in [0.4, 0.5) is 0 Å². The summed E-state index contributed by atoms with van der Waals surface area (Å²) in [6, 6.07) is 0.516. The molecule has 2 aliphatic rings. The number of carbonyl (C=O) groups is 1. The van der Waals surface area contributed by atoms with Crippen LogP contribution >= 0.6 is 0 Å². The maximum Gasteiger partial charge on any atom is 0.220 e. The fraction of sp³-hybridized carbons (Fsp3) is 0.947. The number of amides is 1. The number of carbonyl (C=O) groups excluding carboxylic acids is 1. The first kappa shape index (κ1) is 18.7. The van der Waals surface area contributed by atoms with Crippen molar-refractivity contribution in [3.05, 3.63) is 0 Å². The van der Waals surface area contributed by atoms with Gasteiger partial charge in [0.25, 0.3) is 0 Å². The van der Waals surface area contributed by atoms with Gasteiger partial charge in [-0.15, -0.1) is 0 Å². The van der Waals surface area contributed by atoms with Crippen molar-refractivity contribution in [1.82, 2.24) is 15.1 Å². The largest absolute Gasteiger partial charge is 0.356 e. The van der Waals surface area contributed by atoms with Crippen molar-refractivity contribution < 1.29 is 4.79 Å². The second-order valence-electron chi connectivity index (χ2n) is 8.46. The van der Waals surface area contributed by atoms with Gasteiger partial charge in [-0.2, -0.15) is 0 Å². The molecule has 0 aromatic rings. The lowest BCUT2D eigenvalue weighted by Crippen LogP contribution is -2.48. The molecule has 0 aromatic heterocycles. The maximum absolute atomic E-state index is 12.2. The maximum atomic E-state index is 12.2. The molecule has 0 radical (unpaired) electrons. The van der Waals surface area contributed by atoms with Crippen LogP contribution in [0.5, 0.6) is 0 Å². The molecule has 4 nitrogen and oxygen atoms in total. The molecule has 0 bridgehead atoms. The molecule has 2 rings (SSSR count). The van der Waals surface area contributed by atoms with Gasteiger partial charge in [-0.1, -0.05) is 20.3 Å². The average Bonchev–Trinajstić information content (AvgIpc) is 2.47. The van der Waals surface area contributed by atoms with E-state index >= 15 is 0 Å². The lowest BCUT2D eigenvalue weighted by atomic mass is 9.64. The molecular weight excluding hydrogens is 286 g/mol. The van der Waals surface area contributed by atoms with E-state index in [0.29, 0.717) is 17.9 Å². The fourth-order valence-electron chi connectivity index (χ4n) is 4.16. The van der Waals surface area contributed by atoms with E-state index in [1.165, 1.54) is 25.7 Å². The van der Waals surface area contributed by atoms with Crippen molar-refractivity contribution in [3.8, 4) is 0 Å². The van der Waals surface area contributed by atoms with Crippen LogP contribution in [0.3, 0.4) is 0 Å². The first-order valence-electron chi connectivity index (χ1n) is 9.59. The quantitative estimate of drug-likeness (QED) is 0.746. The van der Waals surface area contributed by atoms with Gasteiger partial charge in [0, 0.05) is 45.2 Å². The van der Waals surface area contributed by atoms with Gasteiger partial charge >= 0.3 is 0 Å². The highest BCUT2D eigenvalue weighted by molar-refractivity contribution is 5.75. The highest BCUT2D eigenvalue weighted by Gasteiger charge is 2.37. The second kappa shape index (κ2) is 8.48. The van der Waals surface area contributed by atoms with Crippen LogP contribution in [-0.4, -0.2) is 61.5 Å². The summed E-state index contributed by atoms with van der Waals surface area (Å²) >= 11 is 0. The van der Waals surface area contributed by atoms with Crippen LogP contribution in [0.1, 0.15) is 59.3 Å². The molecule has 1 N–H and O–H groups in total. The Morgan fingerprint density at radius 1 is 1.13 bits per heavy atom. The molecule has 1 heterocycles. The molecule has 134 valence electrons. The third kappa shape index (κ3) is 5.75. The third-order valence-electron chi connectivity index (χ3n) is 5.87. The van der Waals surface area contributed by atoms with Gasteiger partial charge in [-0.25, -0.2) is 0 Å². The van der Waals surface area contributed by atoms with E-state index < -0.39 is 0 Å². The Kier molecular flexibility index (Phi) is 6.90. The van der Waals surface area contributed by atoms with Crippen LogP contribution in [0.2, 0.25) is 0 Å². The van der Waals surface area contributed by atoms with E-state index in [2.05, 4.69) is 42.9 Å². The van der Waals surface area contributed by atoms with Gasteiger partial charge in [0.1, 0.15) is 0 Å². The molecule has 0 unspecified atom stereocenters. The first-order valence-corrected chi connectivity index (χ1v) is 9.59. The normalized spacial score (nSPS) is 23.5. The number of nitrogens with one attached hydrogen (secondary N) is 1. The van der Waals surface area contributed by atoms with Crippen molar-refractivity contribution in [2.45, 2.75) is 65.3 Å². The molecule has 2 fully saturated rings. The minimum atomic E-state index is 0.251. The summed E-state index contributed by atoms with van der Waals surface area (Å²) in [7, 11) is 2.18. The Hall–Kier alpha value is -0.610. The Morgan fingerprint density at radius 3 is 2.30 bits per heavy atom. The average molecular weight is 324 g/mol. The monoisotopic (exact) mass is 323 g/mol. The number of likely N-dealkylation sites (N-methyl/N-ethyl adjacent to an activating group) is 1. The van der Waals surface area contributed by atoms with Gasteiger partial charge in [0.05, 0.1) is 0 Å². The topological polar surface area (TPSA) is 35.6 Å². The molecule has 1 amide bonds. The zero-order chi connectivity index (χ0) is 16.9. The number of rotatable bonds is 8. The molecule has 1 atom stereocenters. The second-order valence-corrected chi connectivity index (χ2v) is 8.46. The van der Waals surface area contributed by atoms with Crippen molar-refractivity contribution in [1.29, 1.82) is 0 Å². The molecule has 1 aliphatic carbocycles. The van der Waals surface area contributed by atoms with Crippen LogP contribution < -0.4 is 5.32 Å². The Balaban J connectivity index is 1.64. The summed E-state index contributed by atoms with van der Waals surface area (Å²) in [4.78, 5) is 17.1. The van der Waals surface area contributed by atoms with E-state index in [4.69, 9.17) is 0 Å². The molecule has 0 aromatic carbocycles. The van der Waals surface area contributed by atoms with E-state index in [1.54, 1.807) is 0 Å². The summed E-state index contributed by atoms with van der Waals surface area (Å²) in [6.07, 6.45) is 6.83. The van der Waals surface area contributed by atoms with Crippen molar-refractivity contribution in [3.63, 3.8) is 0 Å². The highest BCUT2D eigenvalue weighted by atomic mass is 16.1. The van der Waals surface area contributed by atoms with Gasteiger partial charge in [0.2, 0.25) is 5.91 Å². The van der Waals surface area contributed by atoms with Gasteiger partial charge in [-0.3, -0.25) is 9.69 Å². The fourth-order valence-corrected chi connectivity index (χ4v) is 4.16. The molecule has 1 saturated heterocycles.